The first-order chi connectivity index (χ1) is 24.8. The molecular weight excluding hydrogens is 621 g/mol. The fourth-order valence-electron chi connectivity index (χ4n) is 5.90. The van der Waals surface area contributed by atoms with E-state index in [1.807, 2.05) is 109 Å². The van der Waals surface area contributed by atoms with E-state index >= 15 is 0 Å². The lowest BCUT2D eigenvalue weighted by Crippen LogP contribution is -2.02. The van der Waals surface area contributed by atoms with Gasteiger partial charge in [-0.3, -0.25) is 29.9 Å². The van der Waals surface area contributed by atoms with Crippen LogP contribution >= 0.6 is 0 Å². The van der Waals surface area contributed by atoms with E-state index < -0.39 is 0 Å². The van der Waals surface area contributed by atoms with Gasteiger partial charge >= 0.3 is 0 Å². The Morgan fingerprint density at radius 2 is 0.860 bits per heavy atom. The van der Waals surface area contributed by atoms with Crippen molar-refractivity contribution >= 4 is 67.4 Å². The average Bonchev–Trinajstić information content (AvgIpc) is 3.18. The number of aliphatic imine (C=N–C) groups is 2. The molecule has 8 aromatic rings. The van der Waals surface area contributed by atoms with Gasteiger partial charge < -0.3 is 9.47 Å². The molecule has 0 radical (unpaired) electrons. The van der Waals surface area contributed by atoms with Crippen molar-refractivity contribution in [1.29, 1.82) is 0 Å². The highest BCUT2D eigenvalue weighted by atomic mass is 16.5. The molecule has 0 unspecified atom stereocenters. The van der Waals surface area contributed by atoms with E-state index in [1.54, 1.807) is 24.8 Å². The number of fused-ring (bicyclic) bond motifs is 6. The number of aromatic nitrogens is 4. The lowest BCUT2D eigenvalue weighted by atomic mass is 10.1. The minimum Gasteiger partial charge on any atom is -0.494 e. The Bertz CT molecular complexity index is 2320. The summed E-state index contributed by atoms with van der Waals surface area (Å²) in [5.41, 5.74) is 7.18. The molecule has 0 aliphatic rings. The number of benzene rings is 4. The summed E-state index contributed by atoms with van der Waals surface area (Å²) in [7, 11) is 0. The van der Waals surface area contributed by atoms with Crippen LogP contribution in [0, 0.1) is 0 Å². The van der Waals surface area contributed by atoms with E-state index in [2.05, 4.69) is 32.1 Å². The van der Waals surface area contributed by atoms with Crippen molar-refractivity contribution in [1.82, 2.24) is 19.9 Å². The molecule has 0 spiro atoms. The second-order valence-electron chi connectivity index (χ2n) is 11.8. The zero-order chi connectivity index (χ0) is 33.5. The predicted octanol–water partition coefficient (Wildman–Crippen LogP) is 9.62. The van der Waals surface area contributed by atoms with Crippen LogP contribution in [-0.4, -0.2) is 45.6 Å². The molecular formula is C42H32N6O2. The van der Waals surface area contributed by atoms with Crippen LogP contribution in [0.4, 0.5) is 11.4 Å². The first kappa shape index (κ1) is 30.8. The third-order valence-electron chi connectivity index (χ3n) is 8.42. The summed E-state index contributed by atoms with van der Waals surface area (Å²) < 4.78 is 11.9. The van der Waals surface area contributed by atoms with Crippen LogP contribution in [0.15, 0.2) is 144 Å². The second-order valence-corrected chi connectivity index (χ2v) is 11.8. The summed E-state index contributed by atoms with van der Waals surface area (Å²) in [6.07, 6.45) is 12.7. The number of nitrogens with zero attached hydrogens (tertiary/aromatic N) is 6. The van der Waals surface area contributed by atoms with Crippen LogP contribution < -0.4 is 9.47 Å². The van der Waals surface area contributed by atoms with Crippen molar-refractivity contribution < 1.29 is 9.47 Å². The molecule has 8 rings (SSSR count). The lowest BCUT2D eigenvalue weighted by molar-refractivity contribution is 0.266. The Morgan fingerprint density at radius 3 is 1.30 bits per heavy atom. The van der Waals surface area contributed by atoms with E-state index in [1.165, 1.54) is 0 Å². The molecule has 0 bridgehead atoms. The van der Waals surface area contributed by atoms with Gasteiger partial charge in [-0.05, 0) is 121 Å². The van der Waals surface area contributed by atoms with Gasteiger partial charge in [-0.15, -0.1) is 0 Å². The smallest absolute Gasteiger partial charge is 0.119 e. The van der Waals surface area contributed by atoms with E-state index in [-0.39, 0.29) is 0 Å². The molecule has 0 saturated carbocycles. The maximum atomic E-state index is 5.97. The summed E-state index contributed by atoms with van der Waals surface area (Å²) in [4.78, 5) is 27.8. The van der Waals surface area contributed by atoms with Gasteiger partial charge in [0.05, 0.1) is 46.7 Å². The average molecular weight is 653 g/mol. The molecule has 4 heterocycles. The molecule has 242 valence electrons. The fourth-order valence-corrected chi connectivity index (χ4v) is 5.90. The molecule has 0 amide bonds. The Balaban J connectivity index is 0.805. The van der Waals surface area contributed by atoms with Gasteiger partial charge in [0.25, 0.3) is 0 Å². The molecule has 0 saturated heterocycles. The van der Waals surface area contributed by atoms with Gasteiger partial charge in [0.15, 0.2) is 0 Å². The quantitative estimate of drug-likeness (QED) is 0.0785. The van der Waals surface area contributed by atoms with Crippen molar-refractivity contribution in [3.8, 4) is 11.5 Å². The maximum Gasteiger partial charge on any atom is 0.119 e. The SMILES string of the molecule is C(=Nc1cc2cccnc2c2ncccc12)c1ccc(OCCCCOc2ccc(C=Nc3cc4cccnc4c4ncccc34)cc2)cc1. The van der Waals surface area contributed by atoms with Crippen LogP contribution in [0.2, 0.25) is 0 Å². The van der Waals surface area contributed by atoms with Gasteiger partial charge in [-0.1, -0.05) is 12.1 Å². The molecule has 0 N–H and O–H groups in total. The van der Waals surface area contributed by atoms with Crippen LogP contribution in [0.1, 0.15) is 24.0 Å². The Labute approximate surface area is 288 Å². The highest BCUT2D eigenvalue weighted by Gasteiger charge is 2.09. The van der Waals surface area contributed by atoms with Crippen molar-refractivity contribution in [3.05, 3.63) is 145 Å². The molecule has 0 atom stereocenters. The van der Waals surface area contributed by atoms with E-state index in [0.717, 1.165) is 90.5 Å². The van der Waals surface area contributed by atoms with Crippen molar-refractivity contribution in [3.63, 3.8) is 0 Å². The molecule has 8 heteroatoms. The maximum absolute atomic E-state index is 5.97. The summed E-state index contributed by atoms with van der Waals surface area (Å²) in [6, 6.07) is 35.9. The van der Waals surface area contributed by atoms with Gasteiger partial charge in [-0.25, -0.2) is 0 Å². The largest absolute Gasteiger partial charge is 0.494 e. The molecule has 50 heavy (non-hydrogen) atoms. The van der Waals surface area contributed by atoms with E-state index in [4.69, 9.17) is 19.5 Å². The first-order valence-corrected chi connectivity index (χ1v) is 16.6. The molecule has 0 aliphatic carbocycles. The standard InChI is InChI=1S/C42H32N6O2/c1(23-49-33-15-11-29(12-16-33)27-47-37-25-31-7-3-19-43-39(31)41-35(37)9-5-21-45-41)2-24-50-34-17-13-30(14-18-34)28-48-38-26-32-8-4-20-44-40(32)42-36(38)10-6-22-46-42/h3-22,25-28H,1-2,23-24H2. The number of pyridine rings is 4. The van der Waals surface area contributed by atoms with Crippen molar-refractivity contribution in [2.24, 2.45) is 9.98 Å². The third kappa shape index (κ3) is 6.73. The van der Waals surface area contributed by atoms with Gasteiger partial charge in [0, 0.05) is 58.8 Å². The lowest BCUT2D eigenvalue weighted by Gasteiger charge is -2.08. The monoisotopic (exact) mass is 652 g/mol. The van der Waals surface area contributed by atoms with Crippen molar-refractivity contribution in [2.75, 3.05) is 13.2 Å². The van der Waals surface area contributed by atoms with Gasteiger partial charge in [0.1, 0.15) is 11.5 Å². The Kier molecular flexibility index (Phi) is 8.80. The first-order valence-electron chi connectivity index (χ1n) is 16.6. The molecule has 8 nitrogen and oxygen atoms in total. The van der Waals surface area contributed by atoms with Crippen LogP contribution in [0.3, 0.4) is 0 Å². The molecule has 0 aliphatic heterocycles. The highest BCUT2D eigenvalue weighted by molar-refractivity contribution is 6.10. The summed E-state index contributed by atoms with van der Waals surface area (Å²) in [5.74, 6) is 1.66. The van der Waals surface area contributed by atoms with Crippen LogP contribution in [0.25, 0.3) is 43.6 Å². The number of rotatable bonds is 11. The number of unbranched alkanes of at least 4 members (excludes halogenated alkanes) is 1. The van der Waals surface area contributed by atoms with Crippen LogP contribution in [-0.2, 0) is 0 Å². The number of ether oxygens (including phenoxy) is 2. The van der Waals surface area contributed by atoms with Crippen LogP contribution in [0.5, 0.6) is 11.5 Å². The minimum absolute atomic E-state index is 0.616. The summed E-state index contributed by atoms with van der Waals surface area (Å²) >= 11 is 0. The number of hydrogen-bond donors (Lipinski definition) is 0. The number of hydrogen-bond acceptors (Lipinski definition) is 8. The molecule has 4 aromatic carbocycles. The highest BCUT2D eigenvalue weighted by Crippen LogP contribution is 2.32. The molecule has 4 aromatic heterocycles. The zero-order valence-corrected chi connectivity index (χ0v) is 27.2. The van der Waals surface area contributed by atoms with Crippen molar-refractivity contribution in [2.45, 2.75) is 12.8 Å². The Hall–Kier alpha value is -6.54. The zero-order valence-electron chi connectivity index (χ0n) is 27.2. The van der Waals surface area contributed by atoms with Gasteiger partial charge in [-0.2, -0.15) is 0 Å². The minimum atomic E-state index is 0.616. The van der Waals surface area contributed by atoms with Gasteiger partial charge in [0.2, 0.25) is 0 Å². The Morgan fingerprint density at radius 1 is 0.460 bits per heavy atom. The fraction of sp³-hybridized carbons (Fsp3) is 0.0952. The predicted molar refractivity (Wildman–Crippen MR) is 202 cm³/mol. The topological polar surface area (TPSA) is 94.7 Å². The van der Waals surface area contributed by atoms with E-state index in [9.17, 15) is 0 Å². The summed E-state index contributed by atoms with van der Waals surface area (Å²) in [6.45, 7) is 1.23. The molecule has 0 fully saturated rings. The second kappa shape index (κ2) is 14.3. The normalized spacial score (nSPS) is 11.8. The van der Waals surface area contributed by atoms with E-state index in [0.29, 0.717) is 13.2 Å². The third-order valence-corrected chi connectivity index (χ3v) is 8.42. The summed E-state index contributed by atoms with van der Waals surface area (Å²) in [5, 5.41) is 3.98.